The van der Waals surface area contributed by atoms with Crippen LogP contribution in [0.2, 0.25) is 0 Å². The van der Waals surface area contributed by atoms with Crippen LogP contribution < -0.4 is 10.1 Å². The molecule has 0 saturated heterocycles. The zero-order valence-electron chi connectivity index (χ0n) is 20.6. The number of para-hydroxylation sites is 1. The highest BCUT2D eigenvalue weighted by atomic mass is 32.1. The van der Waals surface area contributed by atoms with Gasteiger partial charge in [-0.1, -0.05) is 42.5 Å². The fraction of sp³-hybridized carbons (Fsp3) is 0.385. The van der Waals surface area contributed by atoms with Crippen molar-refractivity contribution in [2.45, 2.75) is 58.4 Å². The number of hydrogen-bond donors (Lipinski definition) is 1. The molecule has 0 aliphatic rings. The van der Waals surface area contributed by atoms with Gasteiger partial charge in [-0.05, 0) is 43.4 Å². The highest BCUT2D eigenvalue weighted by Crippen LogP contribution is 2.33. The number of aryl methyl sites for hydroxylation is 1. The number of nitrogens with one attached hydrogen (secondary N) is 1. The first-order valence-corrected chi connectivity index (χ1v) is 12.8. The number of nitrogens with zero attached hydrogens (tertiary/aromatic N) is 4. The van der Waals surface area contributed by atoms with E-state index in [2.05, 4.69) is 24.9 Å². The molecular weight excluding hydrogens is 478 g/mol. The predicted octanol–water partition coefficient (Wildman–Crippen LogP) is 5.46. The Morgan fingerprint density at radius 3 is 2.78 bits per heavy atom. The largest absolute Gasteiger partial charge is 0.480 e. The van der Waals surface area contributed by atoms with E-state index >= 15 is 0 Å². The number of carbonyl (C=O) groups excluding carboxylic acids is 2. The average molecular weight is 508 g/mol. The van der Waals surface area contributed by atoms with Crippen LogP contribution in [0.3, 0.4) is 0 Å². The number of rotatable bonds is 12. The van der Waals surface area contributed by atoms with Crippen molar-refractivity contribution in [2.24, 2.45) is 0 Å². The minimum absolute atomic E-state index is 0.265. The molecule has 0 saturated carbocycles. The van der Waals surface area contributed by atoms with Crippen LogP contribution in [0.1, 0.15) is 72.7 Å². The Balaban J connectivity index is 1.56. The summed E-state index contributed by atoms with van der Waals surface area (Å²) in [6.07, 6.45) is 5.88. The van der Waals surface area contributed by atoms with Gasteiger partial charge in [-0.25, -0.2) is 9.97 Å². The summed E-state index contributed by atoms with van der Waals surface area (Å²) < 4.78 is 15.5. The molecule has 1 aromatic carbocycles. The first kappa shape index (κ1) is 25.4. The summed E-state index contributed by atoms with van der Waals surface area (Å²) in [5.74, 6) is 1.34. The quantitative estimate of drug-likeness (QED) is 0.251. The molecule has 0 spiro atoms. The normalized spacial score (nSPS) is 12.0. The van der Waals surface area contributed by atoms with E-state index in [1.54, 1.807) is 20.2 Å². The minimum Gasteiger partial charge on any atom is -0.480 e. The second-order valence-corrected chi connectivity index (χ2v) is 9.26. The van der Waals surface area contributed by atoms with Gasteiger partial charge in [0.2, 0.25) is 11.8 Å². The molecule has 4 rings (SSSR count). The average Bonchev–Trinajstić information content (AvgIpc) is 3.56. The van der Waals surface area contributed by atoms with Crippen molar-refractivity contribution in [3.8, 4) is 17.2 Å². The number of pyridine rings is 1. The van der Waals surface area contributed by atoms with E-state index in [-0.39, 0.29) is 11.7 Å². The van der Waals surface area contributed by atoms with Crippen LogP contribution in [-0.2, 0) is 4.79 Å². The lowest BCUT2D eigenvalue weighted by molar-refractivity contribution is -0.118. The number of carbonyl (C=O) groups is 2. The third-order valence-corrected chi connectivity index (χ3v) is 6.80. The Bertz CT molecular complexity index is 1350. The lowest BCUT2D eigenvalue weighted by Crippen LogP contribution is -2.28. The van der Waals surface area contributed by atoms with Gasteiger partial charge >= 0.3 is 0 Å². The van der Waals surface area contributed by atoms with E-state index < -0.39 is 6.04 Å². The Hall–Kier alpha value is -3.66. The predicted molar refractivity (Wildman–Crippen MR) is 137 cm³/mol. The van der Waals surface area contributed by atoms with E-state index in [1.807, 2.05) is 37.3 Å². The van der Waals surface area contributed by atoms with Gasteiger partial charge in [0.15, 0.2) is 5.76 Å². The van der Waals surface area contributed by atoms with Crippen molar-refractivity contribution in [3.63, 3.8) is 0 Å². The van der Waals surface area contributed by atoms with Crippen molar-refractivity contribution < 1.29 is 18.7 Å². The number of methoxy groups -OCH3 is 1. The molecule has 1 unspecified atom stereocenters. The molecule has 1 atom stereocenters. The molecular formula is C26H29N5O4S. The first-order valence-electron chi connectivity index (χ1n) is 12.0. The first-order chi connectivity index (χ1) is 17.5. The summed E-state index contributed by atoms with van der Waals surface area (Å²) in [6.45, 7) is 3.63. The lowest BCUT2D eigenvalue weighted by Gasteiger charge is -2.15. The molecule has 10 heteroatoms. The molecule has 3 aromatic heterocycles. The Morgan fingerprint density at radius 2 is 2.03 bits per heavy atom. The summed E-state index contributed by atoms with van der Waals surface area (Å²) in [5.41, 5.74) is 2.08. The van der Waals surface area contributed by atoms with Crippen molar-refractivity contribution in [3.05, 3.63) is 53.0 Å². The van der Waals surface area contributed by atoms with Gasteiger partial charge in [-0.2, -0.15) is 0 Å². The van der Waals surface area contributed by atoms with E-state index in [0.29, 0.717) is 52.9 Å². The maximum Gasteiger partial charge on any atom is 0.265 e. The smallest absolute Gasteiger partial charge is 0.265 e. The third-order valence-electron chi connectivity index (χ3n) is 5.98. The van der Waals surface area contributed by atoms with Gasteiger partial charge in [0.1, 0.15) is 16.7 Å². The van der Waals surface area contributed by atoms with Crippen LogP contribution in [0.4, 0.5) is 0 Å². The third kappa shape index (κ3) is 5.93. The number of ether oxygens (including phenoxy) is 1. The van der Waals surface area contributed by atoms with Crippen molar-refractivity contribution >= 4 is 34.1 Å². The molecule has 0 aliphatic carbocycles. The maximum absolute atomic E-state index is 12.9. The molecule has 1 amide bonds. The molecule has 0 bridgehead atoms. The van der Waals surface area contributed by atoms with Gasteiger partial charge < -0.3 is 14.5 Å². The summed E-state index contributed by atoms with van der Waals surface area (Å²) in [5, 5.41) is 7.91. The number of aromatic nitrogens is 4. The fourth-order valence-electron chi connectivity index (χ4n) is 3.95. The van der Waals surface area contributed by atoms with Crippen molar-refractivity contribution in [1.29, 1.82) is 0 Å². The lowest BCUT2D eigenvalue weighted by atomic mass is 10.0. The number of ketones is 1. The maximum atomic E-state index is 12.9. The van der Waals surface area contributed by atoms with Gasteiger partial charge in [0.25, 0.3) is 5.91 Å². The van der Waals surface area contributed by atoms with Gasteiger partial charge in [-0.15, -0.1) is 5.10 Å². The van der Waals surface area contributed by atoms with E-state index in [0.717, 1.165) is 41.7 Å². The summed E-state index contributed by atoms with van der Waals surface area (Å²) in [4.78, 5) is 34.1. The topological polar surface area (TPSA) is 120 Å². The zero-order chi connectivity index (χ0) is 25.5. The Morgan fingerprint density at radius 1 is 1.19 bits per heavy atom. The number of fused-ring (bicyclic) bond motifs is 1. The number of oxazole rings is 1. The molecule has 3 heterocycles. The number of Topliss-reactive ketones (excluding diaryl/α,β-unsaturated/α-hetero) is 1. The number of unbranched alkanes of at least 4 members (excludes halogenated alkanes) is 2. The van der Waals surface area contributed by atoms with E-state index in [1.165, 1.54) is 0 Å². The second kappa shape index (κ2) is 11.9. The molecule has 0 fully saturated rings. The highest BCUT2D eigenvalue weighted by Gasteiger charge is 2.24. The highest BCUT2D eigenvalue weighted by molar-refractivity contribution is 7.08. The zero-order valence-corrected chi connectivity index (χ0v) is 21.4. The molecule has 0 aliphatic heterocycles. The van der Waals surface area contributed by atoms with Crippen LogP contribution >= 0.6 is 11.5 Å². The van der Waals surface area contributed by atoms with Crippen LogP contribution in [0.25, 0.3) is 22.2 Å². The molecule has 1 N–H and O–H groups in total. The van der Waals surface area contributed by atoms with Crippen LogP contribution in [0, 0.1) is 6.92 Å². The van der Waals surface area contributed by atoms with Crippen LogP contribution in [0.5, 0.6) is 5.88 Å². The SMILES string of the molecule is CCC(=O)CCCCCC(NC(=O)c1snnc1C)c1ncc(-c2cc3ccccc3nc2OC)o1. The Labute approximate surface area is 213 Å². The van der Waals surface area contributed by atoms with Crippen LogP contribution in [-0.4, -0.2) is 38.4 Å². The minimum atomic E-state index is -0.450. The number of benzene rings is 1. The van der Waals surface area contributed by atoms with Gasteiger partial charge in [0, 0.05) is 18.2 Å². The summed E-state index contributed by atoms with van der Waals surface area (Å²) in [6, 6.07) is 9.27. The summed E-state index contributed by atoms with van der Waals surface area (Å²) >= 11 is 1.05. The monoisotopic (exact) mass is 507 g/mol. The Kier molecular flexibility index (Phi) is 8.37. The van der Waals surface area contributed by atoms with E-state index in [4.69, 9.17) is 9.15 Å². The molecule has 188 valence electrons. The summed E-state index contributed by atoms with van der Waals surface area (Å²) in [7, 11) is 1.57. The number of hydrogen-bond acceptors (Lipinski definition) is 9. The number of amides is 1. The fourth-order valence-corrected chi connectivity index (χ4v) is 4.51. The van der Waals surface area contributed by atoms with Crippen molar-refractivity contribution in [2.75, 3.05) is 7.11 Å². The molecule has 9 nitrogen and oxygen atoms in total. The van der Waals surface area contributed by atoms with Crippen LogP contribution in [0.15, 0.2) is 40.9 Å². The van der Waals surface area contributed by atoms with Gasteiger partial charge in [-0.3, -0.25) is 9.59 Å². The van der Waals surface area contributed by atoms with E-state index in [9.17, 15) is 9.59 Å². The second-order valence-electron chi connectivity index (χ2n) is 8.51. The molecule has 4 aromatic rings. The molecule has 36 heavy (non-hydrogen) atoms. The standard InChI is InChI=1S/C26H29N5O4S/c1-4-18(32)11-6-5-7-13-21(28-24(33)23-16(2)30-31-36-23)26-27-15-22(35-26)19-14-17-10-8-9-12-20(17)29-25(19)34-3/h8-10,12,14-15,21H,4-7,11,13H2,1-3H3,(H,28,33). The molecule has 0 radical (unpaired) electrons. The van der Waals surface area contributed by atoms with Crippen molar-refractivity contribution in [1.82, 2.24) is 24.9 Å². The van der Waals surface area contributed by atoms with Gasteiger partial charge in [0.05, 0.1) is 30.1 Å².